The second-order valence-corrected chi connectivity index (χ2v) is 6.97. The van der Waals surface area contributed by atoms with Gasteiger partial charge in [-0.25, -0.2) is 4.39 Å². The van der Waals surface area contributed by atoms with Gasteiger partial charge in [-0.05, 0) is 38.4 Å². The lowest BCUT2D eigenvalue weighted by Crippen LogP contribution is -2.51. The molecule has 2 N–H and O–H groups in total. The van der Waals surface area contributed by atoms with E-state index in [1.807, 2.05) is 6.07 Å². The van der Waals surface area contributed by atoms with Gasteiger partial charge in [0, 0.05) is 34.8 Å². The van der Waals surface area contributed by atoms with Crippen LogP contribution in [0.4, 0.5) is 4.39 Å². The number of amides is 1. The van der Waals surface area contributed by atoms with Crippen molar-refractivity contribution in [2.45, 2.75) is 38.5 Å². The van der Waals surface area contributed by atoms with Crippen molar-refractivity contribution < 1.29 is 13.9 Å². The van der Waals surface area contributed by atoms with E-state index in [1.165, 1.54) is 17.4 Å². The van der Waals surface area contributed by atoms with Crippen molar-refractivity contribution in [1.82, 2.24) is 10.6 Å². The predicted molar refractivity (Wildman–Crippen MR) is 90.4 cm³/mol. The molecule has 2 aromatic rings. The van der Waals surface area contributed by atoms with Gasteiger partial charge in [0.25, 0.3) is 5.91 Å². The van der Waals surface area contributed by atoms with Crippen molar-refractivity contribution in [1.29, 1.82) is 0 Å². The van der Waals surface area contributed by atoms with Gasteiger partial charge in [-0.3, -0.25) is 4.79 Å². The number of carbonyl (C=O) groups excluding carboxylic acids is 1. The van der Waals surface area contributed by atoms with E-state index in [0.29, 0.717) is 15.8 Å². The molecule has 1 saturated heterocycles. The number of fused-ring (bicyclic) bond motifs is 1. The van der Waals surface area contributed by atoms with Crippen LogP contribution in [0.2, 0.25) is 0 Å². The largest absolute Gasteiger partial charge is 0.380 e. The molecule has 0 spiro atoms. The van der Waals surface area contributed by atoms with Crippen molar-refractivity contribution >= 4 is 27.3 Å². The van der Waals surface area contributed by atoms with E-state index in [0.717, 1.165) is 24.1 Å². The molecule has 1 aromatic carbocycles. The van der Waals surface area contributed by atoms with Gasteiger partial charge in [-0.15, -0.1) is 11.3 Å². The van der Waals surface area contributed by atoms with Gasteiger partial charge < -0.3 is 15.4 Å². The molecular formula is C17H21FN2O2S. The fraction of sp³-hybridized carbons (Fsp3) is 0.471. The lowest BCUT2D eigenvalue weighted by Gasteiger charge is -2.30. The van der Waals surface area contributed by atoms with Crippen LogP contribution in [0.25, 0.3) is 10.1 Å². The highest BCUT2D eigenvalue weighted by Crippen LogP contribution is 2.34. The first kappa shape index (κ1) is 16.4. The summed E-state index contributed by atoms with van der Waals surface area (Å²) in [4.78, 5) is 13.3. The third kappa shape index (κ3) is 3.24. The zero-order chi connectivity index (χ0) is 16.4. The number of piperidine rings is 1. The predicted octanol–water partition coefficient (Wildman–Crippen LogP) is 3.06. The fourth-order valence-electron chi connectivity index (χ4n) is 3.11. The number of halogens is 1. The highest BCUT2D eigenvalue weighted by atomic mass is 32.1. The van der Waals surface area contributed by atoms with Crippen LogP contribution in [0.1, 0.15) is 35.0 Å². The Hall–Kier alpha value is -1.50. The number of methoxy groups -OCH3 is 1. The minimum absolute atomic E-state index is 0.0988. The maximum Gasteiger partial charge on any atom is 0.262 e. The van der Waals surface area contributed by atoms with Gasteiger partial charge in [0.15, 0.2) is 0 Å². The third-order valence-corrected chi connectivity index (χ3v) is 5.53. The van der Waals surface area contributed by atoms with Crippen molar-refractivity contribution in [2.24, 2.45) is 0 Å². The Balaban J connectivity index is 1.93. The first-order chi connectivity index (χ1) is 11.1. The van der Waals surface area contributed by atoms with Crippen LogP contribution in [0.3, 0.4) is 0 Å². The maximum absolute atomic E-state index is 14.2. The molecule has 0 aliphatic carbocycles. The molecule has 6 heteroatoms. The Morgan fingerprint density at radius 1 is 1.52 bits per heavy atom. The van der Waals surface area contributed by atoms with Gasteiger partial charge in [0.05, 0.1) is 11.5 Å². The number of carbonyl (C=O) groups is 1. The first-order valence-corrected chi connectivity index (χ1v) is 8.66. The van der Waals surface area contributed by atoms with Crippen LogP contribution in [-0.2, 0) is 11.3 Å². The minimum atomic E-state index is -0.308. The monoisotopic (exact) mass is 336 g/mol. The second-order valence-electron chi connectivity index (χ2n) is 5.92. The number of rotatable bonds is 4. The summed E-state index contributed by atoms with van der Waals surface area (Å²) < 4.78 is 20.2. The van der Waals surface area contributed by atoms with E-state index in [-0.39, 0.29) is 30.4 Å². The number of ether oxygens (including phenoxy) is 1. The Morgan fingerprint density at radius 3 is 3.09 bits per heavy atom. The Bertz CT molecular complexity index is 716. The smallest absolute Gasteiger partial charge is 0.262 e. The quantitative estimate of drug-likeness (QED) is 0.902. The highest BCUT2D eigenvalue weighted by Gasteiger charge is 2.26. The molecule has 2 heterocycles. The zero-order valence-electron chi connectivity index (χ0n) is 13.3. The molecule has 0 radical (unpaired) electrons. The molecule has 1 aliphatic heterocycles. The van der Waals surface area contributed by atoms with Gasteiger partial charge in [-0.2, -0.15) is 0 Å². The van der Waals surface area contributed by atoms with Crippen LogP contribution < -0.4 is 10.6 Å². The molecule has 2 unspecified atom stereocenters. The van der Waals surface area contributed by atoms with Crippen LogP contribution in [0.15, 0.2) is 18.2 Å². The van der Waals surface area contributed by atoms with E-state index in [4.69, 9.17) is 4.74 Å². The molecular weight excluding hydrogens is 315 g/mol. The molecule has 3 rings (SSSR count). The van der Waals surface area contributed by atoms with Gasteiger partial charge in [0.1, 0.15) is 5.82 Å². The summed E-state index contributed by atoms with van der Waals surface area (Å²) in [5.41, 5.74) is 0.638. The summed E-state index contributed by atoms with van der Waals surface area (Å²) in [5, 5.41) is 6.96. The summed E-state index contributed by atoms with van der Waals surface area (Å²) in [6, 6.07) is 5.26. The minimum Gasteiger partial charge on any atom is -0.380 e. The summed E-state index contributed by atoms with van der Waals surface area (Å²) in [7, 11) is 1.55. The molecule has 0 bridgehead atoms. The molecule has 1 amide bonds. The maximum atomic E-state index is 14.2. The van der Waals surface area contributed by atoms with Crippen LogP contribution in [0.5, 0.6) is 0 Å². The molecule has 4 nitrogen and oxygen atoms in total. The zero-order valence-corrected chi connectivity index (χ0v) is 14.1. The van der Waals surface area contributed by atoms with E-state index in [1.54, 1.807) is 13.2 Å². The van der Waals surface area contributed by atoms with Crippen LogP contribution >= 0.6 is 11.3 Å². The van der Waals surface area contributed by atoms with Crippen molar-refractivity contribution in [2.75, 3.05) is 13.7 Å². The average molecular weight is 336 g/mol. The number of thiophene rings is 1. The molecule has 124 valence electrons. The molecule has 2 atom stereocenters. The van der Waals surface area contributed by atoms with E-state index in [9.17, 15) is 9.18 Å². The van der Waals surface area contributed by atoms with Gasteiger partial charge >= 0.3 is 0 Å². The summed E-state index contributed by atoms with van der Waals surface area (Å²) in [6.07, 6.45) is 2.00. The number of hydrogen-bond donors (Lipinski definition) is 2. The van der Waals surface area contributed by atoms with Crippen molar-refractivity contribution in [3.63, 3.8) is 0 Å². The molecule has 0 saturated carbocycles. The second kappa shape index (κ2) is 6.95. The standard InChI is InChI=1S/C17H21FN2O2S/c1-10-13(6-4-8-19-10)20-17(21)16-11(9-22-2)15-12(18)5-3-7-14(15)23-16/h3,5,7,10,13,19H,4,6,8-9H2,1-2H3,(H,20,21). The van der Waals surface area contributed by atoms with E-state index < -0.39 is 0 Å². The van der Waals surface area contributed by atoms with Gasteiger partial charge in [0.2, 0.25) is 0 Å². The summed E-state index contributed by atoms with van der Waals surface area (Å²) in [5.74, 6) is -0.448. The highest BCUT2D eigenvalue weighted by molar-refractivity contribution is 7.21. The molecule has 1 aromatic heterocycles. The molecule has 1 aliphatic rings. The SMILES string of the molecule is COCc1c(C(=O)NC2CCCNC2C)sc2cccc(F)c12. The summed E-state index contributed by atoms with van der Waals surface area (Å²) >= 11 is 1.32. The third-order valence-electron chi connectivity index (χ3n) is 4.34. The number of hydrogen-bond acceptors (Lipinski definition) is 4. The Morgan fingerprint density at radius 2 is 2.35 bits per heavy atom. The van der Waals surface area contributed by atoms with Gasteiger partial charge in [-0.1, -0.05) is 6.07 Å². The number of benzene rings is 1. The lowest BCUT2D eigenvalue weighted by molar-refractivity contribution is 0.0920. The van der Waals surface area contributed by atoms with Crippen molar-refractivity contribution in [3.8, 4) is 0 Å². The molecule has 23 heavy (non-hydrogen) atoms. The van der Waals surface area contributed by atoms with Crippen LogP contribution in [0, 0.1) is 5.82 Å². The lowest BCUT2D eigenvalue weighted by atomic mass is 9.99. The topological polar surface area (TPSA) is 50.4 Å². The normalized spacial score (nSPS) is 21.5. The number of nitrogens with one attached hydrogen (secondary N) is 2. The molecule has 1 fully saturated rings. The summed E-state index contributed by atoms with van der Waals surface area (Å²) in [6.45, 7) is 3.28. The Kier molecular flexibility index (Phi) is 4.94. The fourth-order valence-corrected chi connectivity index (χ4v) is 4.23. The van der Waals surface area contributed by atoms with E-state index in [2.05, 4.69) is 17.6 Å². The van der Waals surface area contributed by atoms with Crippen LogP contribution in [-0.4, -0.2) is 31.6 Å². The average Bonchev–Trinajstić information content (AvgIpc) is 2.90. The van der Waals surface area contributed by atoms with Crippen molar-refractivity contribution in [3.05, 3.63) is 34.5 Å². The Labute approximate surface area is 139 Å². The van der Waals surface area contributed by atoms with E-state index >= 15 is 0 Å². The first-order valence-electron chi connectivity index (χ1n) is 7.85.